The third-order valence-corrected chi connectivity index (χ3v) is 4.90. The molecule has 30 heavy (non-hydrogen) atoms. The minimum Gasteiger partial charge on any atom is -0.406 e. The lowest BCUT2D eigenvalue weighted by atomic mass is 9.72. The first-order chi connectivity index (χ1) is 14.0. The summed E-state index contributed by atoms with van der Waals surface area (Å²) >= 11 is 0. The molecule has 3 rings (SSSR count). The van der Waals surface area contributed by atoms with Gasteiger partial charge in [0.2, 0.25) is 0 Å². The minimum atomic E-state index is -4.83. The molecule has 0 atom stereocenters. The Balaban J connectivity index is 1.93. The molecule has 0 radical (unpaired) electrons. The van der Waals surface area contributed by atoms with Crippen LogP contribution in [0.3, 0.4) is 0 Å². The first-order valence-corrected chi connectivity index (χ1v) is 9.10. The summed E-state index contributed by atoms with van der Waals surface area (Å²) in [5, 5.41) is 14.4. The van der Waals surface area contributed by atoms with Gasteiger partial charge in [0.05, 0.1) is 5.60 Å². The fraction of sp³-hybridized carbons (Fsp3) is 0.400. The number of rotatable bonds is 5. The number of piperidine rings is 1. The Kier molecular flexibility index (Phi) is 6.19. The minimum absolute atomic E-state index is 0.360. The molecule has 0 unspecified atom stereocenters. The number of hydrogen-bond donors (Lipinski definition) is 2. The summed E-state index contributed by atoms with van der Waals surface area (Å²) in [6.07, 6.45) is -8.94. The van der Waals surface area contributed by atoms with E-state index in [0.717, 1.165) is 24.3 Å². The molecule has 0 aromatic heterocycles. The molecule has 1 fully saturated rings. The molecule has 2 N–H and O–H groups in total. The van der Waals surface area contributed by atoms with E-state index in [4.69, 9.17) is 0 Å². The van der Waals surface area contributed by atoms with Crippen LogP contribution in [0.1, 0.15) is 29.9 Å². The first kappa shape index (κ1) is 22.2. The van der Waals surface area contributed by atoms with Crippen LogP contribution in [0.4, 0.5) is 26.3 Å². The standard InChI is InChI=1S/C20H19F6NO3/c21-19(22,23)29-15-5-1-13(2-6-15)17(18(28)9-11-27-12-10-18)14-3-7-16(8-4-14)30-20(24,25)26/h1-8,17,27-28H,9-12H2. The number of benzene rings is 2. The molecule has 1 aliphatic rings. The highest BCUT2D eigenvalue weighted by molar-refractivity contribution is 5.41. The number of nitrogens with one attached hydrogen (secondary N) is 1. The Morgan fingerprint density at radius 1 is 0.733 bits per heavy atom. The lowest BCUT2D eigenvalue weighted by Crippen LogP contribution is -2.46. The lowest BCUT2D eigenvalue weighted by molar-refractivity contribution is -0.275. The molecular formula is C20H19F6NO3. The SMILES string of the molecule is OC1(C(c2ccc(OC(F)(F)F)cc2)c2ccc(OC(F)(F)F)cc2)CCNCC1. The van der Waals surface area contributed by atoms with Crippen molar-refractivity contribution in [3.8, 4) is 11.5 Å². The van der Waals surface area contributed by atoms with E-state index in [0.29, 0.717) is 37.1 Å². The maximum Gasteiger partial charge on any atom is 0.573 e. The summed E-state index contributed by atoms with van der Waals surface area (Å²) in [6, 6.07) is 10.2. The van der Waals surface area contributed by atoms with Crippen LogP contribution in [0.2, 0.25) is 0 Å². The van der Waals surface area contributed by atoms with E-state index in [2.05, 4.69) is 14.8 Å². The highest BCUT2D eigenvalue weighted by atomic mass is 19.4. The van der Waals surface area contributed by atoms with Crippen LogP contribution < -0.4 is 14.8 Å². The molecule has 1 aliphatic heterocycles. The van der Waals surface area contributed by atoms with Crippen LogP contribution in [-0.4, -0.2) is 36.5 Å². The maximum atomic E-state index is 12.4. The normalized spacial score (nSPS) is 17.1. The van der Waals surface area contributed by atoms with Crippen molar-refractivity contribution in [3.63, 3.8) is 0 Å². The molecule has 1 saturated heterocycles. The topological polar surface area (TPSA) is 50.7 Å². The monoisotopic (exact) mass is 435 g/mol. The second-order valence-electron chi connectivity index (χ2n) is 7.02. The van der Waals surface area contributed by atoms with E-state index in [-0.39, 0.29) is 0 Å². The molecular weight excluding hydrogens is 416 g/mol. The van der Waals surface area contributed by atoms with Gasteiger partial charge in [0, 0.05) is 5.92 Å². The number of ether oxygens (including phenoxy) is 2. The van der Waals surface area contributed by atoms with Gasteiger partial charge in [0.15, 0.2) is 0 Å². The van der Waals surface area contributed by atoms with Crippen LogP contribution in [-0.2, 0) is 0 Å². The fourth-order valence-electron chi connectivity index (χ4n) is 3.69. The van der Waals surface area contributed by atoms with Crippen molar-refractivity contribution in [1.82, 2.24) is 5.32 Å². The third kappa shape index (κ3) is 5.79. The molecule has 0 spiro atoms. The highest BCUT2D eigenvalue weighted by Crippen LogP contribution is 2.41. The van der Waals surface area contributed by atoms with Crippen molar-refractivity contribution < 1.29 is 40.9 Å². The molecule has 1 heterocycles. The molecule has 0 saturated carbocycles. The van der Waals surface area contributed by atoms with Gasteiger partial charge in [-0.1, -0.05) is 24.3 Å². The fourth-order valence-corrected chi connectivity index (χ4v) is 3.69. The molecule has 164 valence electrons. The average molecular weight is 435 g/mol. The van der Waals surface area contributed by atoms with E-state index >= 15 is 0 Å². The zero-order valence-electron chi connectivity index (χ0n) is 15.6. The van der Waals surface area contributed by atoms with Gasteiger partial charge in [-0.2, -0.15) is 0 Å². The van der Waals surface area contributed by atoms with Gasteiger partial charge in [0.25, 0.3) is 0 Å². The van der Waals surface area contributed by atoms with Crippen molar-refractivity contribution in [2.24, 2.45) is 0 Å². The molecule has 0 amide bonds. The van der Waals surface area contributed by atoms with Gasteiger partial charge < -0.3 is 19.9 Å². The quantitative estimate of drug-likeness (QED) is 0.667. The van der Waals surface area contributed by atoms with Crippen LogP contribution in [0.5, 0.6) is 11.5 Å². The van der Waals surface area contributed by atoms with Crippen molar-refractivity contribution in [2.75, 3.05) is 13.1 Å². The van der Waals surface area contributed by atoms with Crippen LogP contribution in [0.15, 0.2) is 48.5 Å². The van der Waals surface area contributed by atoms with Crippen molar-refractivity contribution >= 4 is 0 Å². The van der Waals surface area contributed by atoms with Gasteiger partial charge >= 0.3 is 12.7 Å². The highest BCUT2D eigenvalue weighted by Gasteiger charge is 2.40. The summed E-state index contributed by atoms with van der Waals surface area (Å²) in [5.41, 5.74) is -0.207. The van der Waals surface area contributed by atoms with Gasteiger partial charge in [-0.3, -0.25) is 0 Å². The number of aliphatic hydroxyl groups is 1. The third-order valence-electron chi connectivity index (χ3n) is 4.90. The molecule has 4 nitrogen and oxygen atoms in total. The Morgan fingerprint density at radius 2 is 1.10 bits per heavy atom. The van der Waals surface area contributed by atoms with Gasteiger partial charge in [0.1, 0.15) is 11.5 Å². The Morgan fingerprint density at radius 3 is 1.43 bits per heavy atom. The lowest BCUT2D eigenvalue weighted by Gasteiger charge is -2.40. The number of alkyl halides is 6. The van der Waals surface area contributed by atoms with Crippen molar-refractivity contribution in [2.45, 2.75) is 37.1 Å². The summed E-state index contributed by atoms with van der Waals surface area (Å²) in [5.74, 6) is -1.48. The largest absolute Gasteiger partial charge is 0.573 e. The zero-order valence-corrected chi connectivity index (χ0v) is 15.6. The van der Waals surface area contributed by atoms with Gasteiger partial charge in [-0.15, -0.1) is 26.3 Å². The maximum absolute atomic E-state index is 12.4. The van der Waals surface area contributed by atoms with E-state index in [1.54, 1.807) is 0 Å². The van der Waals surface area contributed by atoms with E-state index in [9.17, 15) is 31.4 Å². The van der Waals surface area contributed by atoms with Crippen LogP contribution in [0.25, 0.3) is 0 Å². The van der Waals surface area contributed by atoms with Crippen molar-refractivity contribution in [1.29, 1.82) is 0 Å². The van der Waals surface area contributed by atoms with Crippen molar-refractivity contribution in [3.05, 3.63) is 59.7 Å². The molecule has 0 bridgehead atoms. The van der Waals surface area contributed by atoms with Crippen LogP contribution in [0, 0.1) is 0 Å². The Hall–Kier alpha value is -2.46. The average Bonchev–Trinajstić information content (AvgIpc) is 2.63. The summed E-state index contributed by atoms with van der Waals surface area (Å²) < 4.78 is 82.2. The summed E-state index contributed by atoms with van der Waals surface area (Å²) in [6.45, 7) is 1.05. The van der Waals surface area contributed by atoms with E-state index in [1.165, 1.54) is 24.3 Å². The van der Waals surface area contributed by atoms with E-state index in [1.807, 2.05) is 0 Å². The van der Waals surface area contributed by atoms with Gasteiger partial charge in [-0.25, -0.2) is 0 Å². The van der Waals surface area contributed by atoms with E-state index < -0.39 is 35.7 Å². The number of hydrogen-bond acceptors (Lipinski definition) is 4. The Labute approximate surface area is 168 Å². The molecule has 2 aromatic rings. The Bertz CT molecular complexity index is 768. The molecule has 2 aromatic carbocycles. The predicted octanol–water partition coefficient (Wildman–Crippen LogP) is 4.73. The summed E-state index contributed by atoms with van der Waals surface area (Å²) in [7, 11) is 0. The second kappa shape index (κ2) is 8.35. The molecule has 10 heteroatoms. The summed E-state index contributed by atoms with van der Waals surface area (Å²) in [4.78, 5) is 0. The smallest absolute Gasteiger partial charge is 0.406 e. The number of halogens is 6. The van der Waals surface area contributed by atoms with Gasteiger partial charge in [-0.05, 0) is 61.3 Å². The second-order valence-corrected chi connectivity index (χ2v) is 7.02. The van der Waals surface area contributed by atoms with Crippen LogP contribution >= 0.6 is 0 Å². The zero-order chi connectivity index (χ0) is 22.0. The molecule has 0 aliphatic carbocycles. The predicted molar refractivity (Wildman–Crippen MR) is 95.1 cm³/mol. The first-order valence-electron chi connectivity index (χ1n) is 9.10.